The Labute approximate surface area is 352 Å². The van der Waals surface area contributed by atoms with Crippen molar-refractivity contribution in [2.75, 3.05) is 0 Å². The quantitative estimate of drug-likeness (QED) is 0.0902. The van der Waals surface area contributed by atoms with Crippen LogP contribution in [-0.4, -0.2) is 104 Å². The second-order valence-electron chi connectivity index (χ2n) is 16.3. The number of aromatic nitrogens is 2. The van der Waals surface area contributed by atoms with Crippen LogP contribution in [0.5, 0.6) is 0 Å². The molecule has 0 saturated carbocycles. The molecule has 1 fully saturated rings. The number of rotatable bonds is 20. The van der Waals surface area contributed by atoms with Crippen molar-refractivity contribution in [2.45, 2.75) is 97.3 Å². The second-order valence-corrected chi connectivity index (χ2v) is 16.3. The number of hydrogen-bond acceptors (Lipinski definition) is 10. The Bertz CT molecular complexity index is 2360. The number of H-pyrrole nitrogens is 2. The third-order valence-electron chi connectivity index (χ3n) is 12.1. The van der Waals surface area contributed by atoms with Gasteiger partial charge < -0.3 is 56.1 Å². The Kier molecular flexibility index (Phi) is 13.6. The number of nitrogens with zero attached hydrogens (tertiary/aromatic N) is 1. The lowest BCUT2D eigenvalue weighted by molar-refractivity contribution is -0.140. The minimum Gasteiger partial charge on any atom is -0.481 e. The first-order valence-electron chi connectivity index (χ1n) is 19.7. The zero-order chi connectivity index (χ0) is 45.8. The number of nitrogens with one attached hydrogen (secondary N) is 3. The Hall–Kier alpha value is -6.99. The summed E-state index contributed by atoms with van der Waals surface area (Å²) in [5.74, 6) is -11.8. The molecule has 11 N–H and O–H groups in total. The highest BCUT2D eigenvalue weighted by Gasteiger charge is 2.51. The molecular formula is C42H48N4O16. The molecule has 2 aromatic heterocycles. The Morgan fingerprint density at radius 3 is 1.47 bits per heavy atom. The van der Waals surface area contributed by atoms with Gasteiger partial charge in [-0.3, -0.25) is 43.3 Å². The highest BCUT2D eigenvalue weighted by molar-refractivity contribution is 6.05. The van der Waals surface area contributed by atoms with Gasteiger partial charge in [0.25, 0.3) is 0 Å². The van der Waals surface area contributed by atoms with Crippen molar-refractivity contribution < 1.29 is 79.2 Å². The summed E-state index contributed by atoms with van der Waals surface area (Å²) in [7, 11) is 0. The fourth-order valence-electron chi connectivity index (χ4n) is 9.22. The van der Waals surface area contributed by atoms with Gasteiger partial charge in [-0.15, -0.1) is 0 Å². The van der Waals surface area contributed by atoms with Crippen molar-refractivity contribution in [3.05, 3.63) is 68.2 Å². The molecule has 4 atom stereocenters. The smallest absolute Gasteiger partial charge is 0.307 e. The van der Waals surface area contributed by atoms with Crippen molar-refractivity contribution in [3.8, 4) is 0 Å². The maximum atomic E-state index is 12.6. The maximum absolute atomic E-state index is 12.6. The van der Waals surface area contributed by atoms with E-state index in [-0.39, 0.29) is 99.9 Å². The molecule has 1 saturated heterocycles. The van der Waals surface area contributed by atoms with E-state index in [1.807, 2.05) is 0 Å². The molecule has 0 spiro atoms. The van der Waals surface area contributed by atoms with Crippen LogP contribution in [0.1, 0.15) is 110 Å². The van der Waals surface area contributed by atoms with Crippen LogP contribution in [0.4, 0.5) is 0 Å². The number of fused-ring (bicyclic) bond motifs is 7. The molecule has 0 aromatic carbocycles. The van der Waals surface area contributed by atoms with E-state index < -0.39 is 122 Å². The molecule has 0 unspecified atom stereocenters. The van der Waals surface area contributed by atoms with E-state index in [4.69, 9.17) is 4.99 Å². The molecule has 20 heteroatoms. The lowest BCUT2D eigenvalue weighted by atomic mass is 9.68. The van der Waals surface area contributed by atoms with E-state index in [0.717, 1.165) is 0 Å². The molecule has 2 aromatic rings. The summed E-state index contributed by atoms with van der Waals surface area (Å²) in [5.41, 5.74) is -0.495. The third kappa shape index (κ3) is 10.1. The Morgan fingerprint density at radius 2 is 1.02 bits per heavy atom. The number of aliphatic carboxylic acids is 8. The number of aromatic amines is 2. The molecule has 5 rings (SSSR count). The van der Waals surface area contributed by atoms with Crippen molar-refractivity contribution in [1.82, 2.24) is 15.3 Å². The standard InChI is InChI=1S/C42H48N4O16/c1-41(17-39(59)60)23(5-9-35(51)52)29-14-27-21(11-37(55)56)19(3-7-33(47)48)25(43-27)13-26-20(4-8-34(49)50)22(12-38(57)58)28(44-26)15-31-42(2,18-40(61)62)24(6-10-36(53)54)30(46-31)16-32(41)45-29/h14-16,23-24,43-44,46H,3-13,17-18H2,1-2H3,(H,47,48)(H,49,50)(H,51,52)(H,53,54)(H,55,56)(H,57,58)(H,59,60)(H,61,62)/b29-14-,30-16-,31-15-/t23-,24-,41+,42+/m1/s1. The minimum absolute atomic E-state index is 0.109. The van der Waals surface area contributed by atoms with Gasteiger partial charge >= 0.3 is 47.8 Å². The summed E-state index contributed by atoms with van der Waals surface area (Å²) in [6, 6.07) is 0. The molecule has 62 heavy (non-hydrogen) atoms. The first-order valence-corrected chi connectivity index (χ1v) is 19.7. The Morgan fingerprint density at radius 1 is 0.565 bits per heavy atom. The average Bonchev–Trinajstić information content (AvgIpc) is 3.77. The fourth-order valence-corrected chi connectivity index (χ4v) is 9.22. The molecule has 0 radical (unpaired) electrons. The second kappa shape index (κ2) is 18.3. The number of allylic oxidation sites excluding steroid dienone is 4. The lowest BCUT2D eigenvalue weighted by Gasteiger charge is -2.32. The van der Waals surface area contributed by atoms with Gasteiger partial charge in [-0.1, -0.05) is 13.8 Å². The molecule has 3 aliphatic heterocycles. The number of hydrogen-bond donors (Lipinski definition) is 11. The molecule has 3 aliphatic rings. The van der Waals surface area contributed by atoms with Crippen LogP contribution in [0.2, 0.25) is 0 Å². The van der Waals surface area contributed by atoms with Gasteiger partial charge in [-0.2, -0.15) is 0 Å². The van der Waals surface area contributed by atoms with E-state index in [1.54, 1.807) is 13.8 Å². The summed E-state index contributed by atoms with van der Waals surface area (Å²) in [6.07, 6.45) is -0.580. The minimum atomic E-state index is -1.46. The summed E-state index contributed by atoms with van der Waals surface area (Å²) >= 11 is 0. The first-order chi connectivity index (χ1) is 29.0. The fraction of sp³-hybridized carbons (Fsp3) is 0.452. The van der Waals surface area contributed by atoms with E-state index in [2.05, 4.69) is 15.3 Å². The highest BCUT2D eigenvalue weighted by Crippen LogP contribution is 2.53. The SMILES string of the molecule is C[C@@]1(CC(=O)O)C2=NC(=C\c3[nH]c(c(CCC(=O)O)c3CC(=O)O)Cc3[nH]c(c(CC(=O)O)c3CCC(=O)O)/C=C3\N/C(=C\2)[C@@H](CCC(=O)O)[C@]3(C)CC(=O)O)/[C@H]1CCC(=O)O. The molecule has 8 bridgehead atoms. The van der Waals surface area contributed by atoms with Crippen molar-refractivity contribution >= 4 is 65.6 Å². The Balaban J connectivity index is 1.97. The van der Waals surface area contributed by atoms with Gasteiger partial charge in [-0.05, 0) is 66.2 Å². The van der Waals surface area contributed by atoms with Crippen LogP contribution >= 0.6 is 0 Å². The van der Waals surface area contributed by atoms with E-state index >= 15 is 0 Å². The van der Waals surface area contributed by atoms with Crippen LogP contribution in [0, 0.1) is 22.7 Å². The van der Waals surface area contributed by atoms with Crippen LogP contribution in [0.25, 0.3) is 12.2 Å². The van der Waals surface area contributed by atoms with Crippen LogP contribution < -0.4 is 5.32 Å². The molecule has 5 heterocycles. The zero-order valence-corrected chi connectivity index (χ0v) is 33.9. The third-order valence-corrected chi connectivity index (χ3v) is 12.1. The number of carbonyl (C=O) groups is 8. The van der Waals surface area contributed by atoms with Crippen molar-refractivity contribution in [1.29, 1.82) is 0 Å². The van der Waals surface area contributed by atoms with E-state index in [1.165, 1.54) is 18.2 Å². The topological polar surface area (TPSA) is 354 Å². The number of carboxylic acids is 8. The van der Waals surface area contributed by atoms with Gasteiger partial charge in [0.2, 0.25) is 0 Å². The summed E-state index contributed by atoms with van der Waals surface area (Å²) in [6.45, 7) is 3.15. The summed E-state index contributed by atoms with van der Waals surface area (Å²) in [5, 5.41) is 83.0. The normalized spacial score (nSPS) is 24.0. The zero-order valence-electron chi connectivity index (χ0n) is 33.9. The largest absolute Gasteiger partial charge is 0.481 e. The van der Waals surface area contributed by atoms with Gasteiger partial charge in [0.05, 0.1) is 25.7 Å². The van der Waals surface area contributed by atoms with Gasteiger partial charge in [-0.25, -0.2) is 0 Å². The lowest BCUT2D eigenvalue weighted by Crippen LogP contribution is -2.34. The van der Waals surface area contributed by atoms with Crippen molar-refractivity contribution in [2.24, 2.45) is 27.7 Å². The monoisotopic (exact) mass is 864 g/mol. The first kappa shape index (κ1) is 46.1. The molecular weight excluding hydrogens is 816 g/mol. The van der Waals surface area contributed by atoms with Crippen molar-refractivity contribution in [3.63, 3.8) is 0 Å². The maximum Gasteiger partial charge on any atom is 0.307 e. The molecule has 332 valence electrons. The highest BCUT2D eigenvalue weighted by atomic mass is 16.4. The average molecular weight is 865 g/mol. The predicted octanol–water partition coefficient (Wildman–Crippen LogP) is 3.78. The number of aliphatic imine (C=N–C) groups is 1. The summed E-state index contributed by atoms with van der Waals surface area (Å²) in [4.78, 5) is 109. The summed E-state index contributed by atoms with van der Waals surface area (Å²) < 4.78 is 0. The predicted molar refractivity (Wildman–Crippen MR) is 215 cm³/mol. The van der Waals surface area contributed by atoms with Gasteiger partial charge in [0.1, 0.15) is 0 Å². The van der Waals surface area contributed by atoms with E-state index in [9.17, 15) is 79.2 Å². The molecule has 0 amide bonds. The number of carboxylic acid groups (broad SMARTS) is 8. The van der Waals surface area contributed by atoms with Gasteiger partial charge in [0, 0.05) is 100 Å². The molecule has 20 nitrogen and oxygen atoms in total. The van der Waals surface area contributed by atoms with Crippen LogP contribution in [-0.2, 0) is 70.5 Å². The van der Waals surface area contributed by atoms with Crippen LogP contribution in [0.3, 0.4) is 0 Å². The molecule has 0 aliphatic carbocycles. The van der Waals surface area contributed by atoms with Crippen LogP contribution in [0.15, 0.2) is 28.2 Å². The van der Waals surface area contributed by atoms with Gasteiger partial charge in [0.15, 0.2) is 0 Å². The van der Waals surface area contributed by atoms with E-state index in [0.29, 0.717) is 0 Å².